The van der Waals surface area contributed by atoms with Gasteiger partial charge in [0, 0.05) is 18.5 Å². The number of ether oxygens (including phenoxy) is 1. The minimum atomic E-state index is -4.45. The van der Waals surface area contributed by atoms with Crippen molar-refractivity contribution in [3.63, 3.8) is 0 Å². The van der Waals surface area contributed by atoms with Gasteiger partial charge in [0.25, 0.3) is 5.91 Å². The van der Waals surface area contributed by atoms with Gasteiger partial charge in [-0.3, -0.25) is 4.79 Å². The smallest absolute Gasteiger partial charge is 0.378 e. The molecule has 0 aliphatic carbocycles. The highest BCUT2D eigenvalue weighted by Gasteiger charge is 2.31. The molecule has 122 valence electrons. The Labute approximate surface area is 129 Å². The van der Waals surface area contributed by atoms with Gasteiger partial charge in [0.1, 0.15) is 5.82 Å². The van der Waals surface area contributed by atoms with E-state index in [0.29, 0.717) is 37.5 Å². The zero-order valence-corrected chi connectivity index (χ0v) is 12.1. The Kier molecular flexibility index (Phi) is 3.85. The number of rotatable bonds is 2. The third-order valence-electron chi connectivity index (χ3n) is 3.70. The summed E-state index contributed by atoms with van der Waals surface area (Å²) >= 11 is 0. The number of aromatic nitrogens is 1. The van der Waals surface area contributed by atoms with E-state index in [1.165, 1.54) is 12.1 Å². The van der Waals surface area contributed by atoms with Crippen molar-refractivity contribution in [2.45, 2.75) is 6.18 Å². The van der Waals surface area contributed by atoms with Gasteiger partial charge < -0.3 is 15.4 Å². The first-order valence-electron chi connectivity index (χ1n) is 7.01. The molecule has 1 saturated heterocycles. The first-order chi connectivity index (χ1) is 10.9. The zero-order chi connectivity index (χ0) is 16.6. The van der Waals surface area contributed by atoms with Gasteiger partial charge in [-0.25, -0.2) is 4.98 Å². The summed E-state index contributed by atoms with van der Waals surface area (Å²) in [5, 5.41) is 0.434. The summed E-state index contributed by atoms with van der Waals surface area (Å²) in [7, 11) is 0. The molecule has 8 heteroatoms. The van der Waals surface area contributed by atoms with E-state index < -0.39 is 17.6 Å². The van der Waals surface area contributed by atoms with E-state index in [4.69, 9.17) is 10.5 Å². The summed E-state index contributed by atoms with van der Waals surface area (Å²) in [5.41, 5.74) is 4.98. The summed E-state index contributed by atoms with van der Waals surface area (Å²) in [6.45, 7) is 1.91. The van der Waals surface area contributed by atoms with Crippen molar-refractivity contribution in [2.24, 2.45) is 5.73 Å². The number of halogens is 3. The van der Waals surface area contributed by atoms with E-state index in [0.717, 1.165) is 12.1 Å². The zero-order valence-electron chi connectivity index (χ0n) is 12.1. The van der Waals surface area contributed by atoms with Crippen molar-refractivity contribution >= 4 is 22.6 Å². The predicted octanol–water partition coefficient (Wildman–Crippen LogP) is 2.19. The van der Waals surface area contributed by atoms with Crippen LogP contribution >= 0.6 is 0 Å². The highest BCUT2D eigenvalue weighted by molar-refractivity contribution is 6.01. The normalized spacial score (nSPS) is 15.9. The number of benzene rings is 1. The number of fused-ring (bicyclic) bond motifs is 1. The van der Waals surface area contributed by atoms with Gasteiger partial charge in [-0.2, -0.15) is 13.2 Å². The van der Waals surface area contributed by atoms with E-state index >= 15 is 0 Å². The molecular formula is C15H14F3N3O2. The van der Waals surface area contributed by atoms with Gasteiger partial charge in [0.05, 0.1) is 29.9 Å². The molecule has 3 rings (SSSR count). The molecule has 0 spiro atoms. The maximum Gasteiger partial charge on any atom is 0.416 e. The fourth-order valence-electron chi connectivity index (χ4n) is 2.53. The third-order valence-corrected chi connectivity index (χ3v) is 3.70. The first kappa shape index (κ1) is 15.5. The van der Waals surface area contributed by atoms with E-state index in [1.807, 2.05) is 0 Å². The molecule has 1 aliphatic heterocycles. The number of nitrogens with two attached hydrogens (primary N) is 1. The number of hydrogen-bond acceptors (Lipinski definition) is 4. The van der Waals surface area contributed by atoms with Crippen LogP contribution in [0.25, 0.3) is 10.9 Å². The number of amides is 1. The van der Waals surface area contributed by atoms with Crippen molar-refractivity contribution in [1.29, 1.82) is 0 Å². The molecule has 0 saturated carbocycles. The topological polar surface area (TPSA) is 68.5 Å². The number of carbonyl (C=O) groups is 1. The monoisotopic (exact) mass is 325 g/mol. The Morgan fingerprint density at radius 1 is 1.22 bits per heavy atom. The second-order valence-electron chi connectivity index (χ2n) is 5.23. The van der Waals surface area contributed by atoms with Gasteiger partial charge in [-0.1, -0.05) is 6.07 Å². The molecule has 2 aromatic rings. The van der Waals surface area contributed by atoms with Gasteiger partial charge in [-0.15, -0.1) is 0 Å². The van der Waals surface area contributed by atoms with Crippen LogP contribution in [0, 0.1) is 0 Å². The molecule has 2 N–H and O–H groups in total. The second kappa shape index (κ2) is 5.69. The molecule has 0 unspecified atom stereocenters. The van der Waals surface area contributed by atoms with E-state index in [1.54, 1.807) is 4.90 Å². The quantitative estimate of drug-likeness (QED) is 0.919. The molecule has 2 heterocycles. The summed E-state index contributed by atoms with van der Waals surface area (Å²) in [4.78, 5) is 17.7. The standard InChI is InChI=1S/C15H14F3N3O2/c16-15(17,18)10-2-1-9-7-11(13(19)22)14(20-12(9)8-10)21-3-5-23-6-4-21/h1-2,7-8H,3-6H2,(H2,19,22). The molecule has 1 aromatic carbocycles. The Bertz CT molecular complexity index is 755. The van der Waals surface area contributed by atoms with Crippen LogP contribution in [0.4, 0.5) is 19.0 Å². The second-order valence-corrected chi connectivity index (χ2v) is 5.23. The van der Waals surface area contributed by atoms with Crippen LogP contribution in [0.15, 0.2) is 24.3 Å². The lowest BCUT2D eigenvalue weighted by Crippen LogP contribution is -2.38. The largest absolute Gasteiger partial charge is 0.416 e. The number of nitrogens with zero attached hydrogens (tertiary/aromatic N) is 2. The molecule has 23 heavy (non-hydrogen) atoms. The first-order valence-corrected chi connectivity index (χ1v) is 7.01. The van der Waals surface area contributed by atoms with Crippen molar-refractivity contribution < 1.29 is 22.7 Å². The van der Waals surface area contributed by atoms with Crippen LogP contribution < -0.4 is 10.6 Å². The summed E-state index contributed by atoms with van der Waals surface area (Å²) in [6, 6.07) is 4.71. The van der Waals surface area contributed by atoms with E-state index in [2.05, 4.69) is 4.98 Å². The molecule has 0 bridgehead atoms. The van der Waals surface area contributed by atoms with Crippen molar-refractivity contribution in [3.8, 4) is 0 Å². The van der Waals surface area contributed by atoms with E-state index in [9.17, 15) is 18.0 Å². The SMILES string of the molecule is NC(=O)c1cc2ccc(C(F)(F)F)cc2nc1N1CCOCC1. The number of hydrogen-bond donors (Lipinski definition) is 1. The lowest BCUT2D eigenvalue weighted by molar-refractivity contribution is -0.137. The number of pyridine rings is 1. The molecule has 1 amide bonds. The van der Waals surface area contributed by atoms with Gasteiger partial charge >= 0.3 is 6.18 Å². The van der Waals surface area contributed by atoms with Crippen molar-refractivity contribution in [3.05, 3.63) is 35.4 Å². The molecule has 1 aliphatic rings. The van der Waals surface area contributed by atoms with Gasteiger partial charge in [0.2, 0.25) is 0 Å². The van der Waals surface area contributed by atoms with Crippen molar-refractivity contribution in [1.82, 2.24) is 4.98 Å². The van der Waals surface area contributed by atoms with Crippen LogP contribution in [-0.4, -0.2) is 37.2 Å². The van der Waals surface area contributed by atoms with Crippen LogP contribution in [0.3, 0.4) is 0 Å². The Balaban J connectivity index is 2.15. The predicted molar refractivity (Wildman–Crippen MR) is 78.3 cm³/mol. The molecule has 5 nitrogen and oxygen atoms in total. The molecule has 1 fully saturated rings. The average molecular weight is 325 g/mol. The molecular weight excluding hydrogens is 311 g/mol. The van der Waals surface area contributed by atoms with Crippen LogP contribution in [0.5, 0.6) is 0 Å². The van der Waals surface area contributed by atoms with Crippen molar-refractivity contribution in [2.75, 3.05) is 31.2 Å². The number of anilines is 1. The minimum Gasteiger partial charge on any atom is -0.378 e. The maximum atomic E-state index is 12.8. The number of alkyl halides is 3. The lowest BCUT2D eigenvalue weighted by atomic mass is 10.1. The fraction of sp³-hybridized carbons (Fsp3) is 0.333. The Morgan fingerprint density at radius 3 is 2.52 bits per heavy atom. The fourth-order valence-corrected chi connectivity index (χ4v) is 2.53. The Hall–Kier alpha value is -2.35. The number of carbonyl (C=O) groups excluding carboxylic acids is 1. The van der Waals surface area contributed by atoms with Crippen LogP contribution in [-0.2, 0) is 10.9 Å². The molecule has 1 aromatic heterocycles. The number of morpholine rings is 1. The third kappa shape index (κ3) is 3.07. The molecule has 0 atom stereocenters. The van der Waals surface area contributed by atoms with Crippen LogP contribution in [0.1, 0.15) is 15.9 Å². The van der Waals surface area contributed by atoms with E-state index in [-0.39, 0.29) is 11.1 Å². The average Bonchev–Trinajstić information content (AvgIpc) is 2.53. The lowest BCUT2D eigenvalue weighted by Gasteiger charge is -2.29. The summed E-state index contributed by atoms with van der Waals surface area (Å²) < 4.78 is 43.8. The highest BCUT2D eigenvalue weighted by atomic mass is 19.4. The van der Waals surface area contributed by atoms with Gasteiger partial charge in [0.15, 0.2) is 0 Å². The summed E-state index contributed by atoms with van der Waals surface area (Å²) in [6.07, 6.45) is -4.45. The highest BCUT2D eigenvalue weighted by Crippen LogP contribution is 2.32. The Morgan fingerprint density at radius 2 is 1.91 bits per heavy atom. The minimum absolute atomic E-state index is 0.173. The maximum absolute atomic E-state index is 12.8. The molecule has 0 radical (unpaired) electrons. The number of primary amides is 1. The summed E-state index contributed by atoms with van der Waals surface area (Å²) in [5.74, 6) is -0.367. The van der Waals surface area contributed by atoms with Gasteiger partial charge in [-0.05, 0) is 18.2 Å². The van der Waals surface area contributed by atoms with Crippen LogP contribution in [0.2, 0.25) is 0 Å².